The average molecular weight is 425 g/mol. The van der Waals surface area contributed by atoms with E-state index in [0.29, 0.717) is 39.8 Å². The van der Waals surface area contributed by atoms with Gasteiger partial charge in [0.15, 0.2) is 11.5 Å². The molecule has 162 valence electrons. The summed E-state index contributed by atoms with van der Waals surface area (Å²) in [5.74, 6) is 2.05. The Kier molecular flexibility index (Phi) is 5.62. The summed E-state index contributed by atoms with van der Waals surface area (Å²) in [7, 11) is 4.69. The van der Waals surface area contributed by atoms with Gasteiger partial charge in [0.25, 0.3) is 0 Å². The SMILES string of the molecule is CCOC(=O)c1[nH]cc(-c2ccc(OC)cc2)c1-c1cc(OC)c2c(c1OC)OCO2. The molecule has 1 aromatic heterocycles. The van der Waals surface area contributed by atoms with E-state index in [4.69, 9.17) is 28.4 Å². The van der Waals surface area contributed by atoms with Gasteiger partial charge in [-0.1, -0.05) is 12.1 Å². The van der Waals surface area contributed by atoms with E-state index in [0.717, 1.165) is 16.9 Å². The van der Waals surface area contributed by atoms with Crippen LogP contribution < -0.4 is 23.7 Å². The zero-order valence-corrected chi connectivity index (χ0v) is 17.7. The average Bonchev–Trinajstić information content (AvgIpc) is 3.46. The summed E-state index contributed by atoms with van der Waals surface area (Å²) in [6.07, 6.45) is 1.76. The van der Waals surface area contributed by atoms with E-state index >= 15 is 0 Å². The van der Waals surface area contributed by atoms with Gasteiger partial charge in [-0.15, -0.1) is 0 Å². The Hall–Kier alpha value is -3.81. The molecule has 0 aliphatic carbocycles. The summed E-state index contributed by atoms with van der Waals surface area (Å²) in [6, 6.07) is 9.31. The first kappa shape index (κ1) is 20.5. The molecule has 1 aliphatic rings. The minimum atomic E-state index is -0.476. The Morgan fingerprint density at radius 2 is 1.74 bits per heavy atom. The van der Waals surface area contributed by atoms with Crippen molar-refractivity contribution >= 4 is 5.97 Å². The highest BCUT2D eigenvalue weighted by Crippen LogP contribution is 2.54. The Morgan fingerprint density at radius 1 is 1.00 bits per heavy atom. The number of H-pyrrole nitrogens is 1. The highest BCUT2D eigenvalue weighted by molar-refractivity contribution is 6.03. The van der Waals surface area contributed by atoms with E-state index in [2.05, 4.69) is 4.98 Å². The lowest BCUT2D eigenvalue weighted by atomic mass is 9.95. The number of fused-ring (bicyclic) bond motifs is 1. The first-order valence-electron chi connectivity index (χ1n) is 9.70. The molecule has 0 unspecified atom stereocenters. The molecule has 0 amide bonds. The third-order valence-corrected chi connectivity index (χ3v) is 5.02. The summed E-state index contributed by atoms with van der Waals surface area (Å²) in [6.45, 7) is 2.06. The van der Waals surface area contributed by atoms with Gasteiger partial charge >= 0.3 is 5.97 Å². The number of aromatic nitrogens is 1. The van der Waals surface area contributed by atoms with E-state index in [1.165, 1.54) is 7.11 Å². The normalized spacial score (nSPS) is 11.9. The second-order valence-electron chi connectivity index (χ2n) is 6.63. The topological polar surface area (TPSA) is 88.2 Å². The molecule has 0 saturated heterocycles. The van der Waals surface area contributed by atoms with Crippen molar-refractivity contribution in [3.8, 4) is 51.0 Å². The van der Waals surface area contributed by atoms with Crippen LogP contribution in [0.3, 0.4) is 0 Å². The summed E-state index contributed by atoms with van der Waals surface area (Å²) in [4.78, 5) is 15.8. The summed E-state index contributed by atoms with van der Waals surface area (Å²) >= 11 is 0. The van der Waals surface area contributed by atoms with E-state index in [1.807, 2.05) is 24.3 Å². The summed E-state index contributed by atoms with van der Waals surface area (Å²) in [5.41, 5.74) is 3.17. The standard InChI is InChI=1S/C23H23NO7/c1-5-29-23(25)19-18(16(11-24-19)13-6-8-14(26-2)9-7-13)15-10-17(27-3)21-22(20(15)28-4)31-12-30-21/h6-11,24H,5,12H2,1-4H3. The van der Waals surface area contributed by atoms with Crippen molar-refractivity contribution in [2.24, 2.45) is 0 Å². The van der Waals surface area contributed by atoms with Gasteiger partial charge in [-0.05, 0) is 30.7 Å². The van der Waals surface area contributed by atoms with Crippen molar-refractivity contribution in [2.45, 2.75) is 6.92 Å². The van der Waals surface area contributed by atoms with Gasteiger partial charge in [0, 0.05) is 22.9 Å². The molecular formula is C23H23NO7. The van der Waals surface area contributed by atoms with Gasteiger partial charge in [-0.3, -0.25) is 0 Å². The molecule has 0 spiro atoms. The smallest absolute Gasteiger partial charge is 0.355 e. The van der Waals surface area contributed by atoms with Crippen LogP contribution >= 0.6 is 0 Å². The molecule has 0 saturated carbocycles. The Bertz CT molecular complexity index is 1100. The molecule has 2 aromatic carbocycles. The van der Waals surface area contributed by atoms with Crippen LogP contribution in [0.4, 0.5) is 0 Å². The second kappa shape index (κ2) is 8.51. The molecule has 0 radical (unpaired) electrons. The number of methoxy groups -OCH3 is 3. The predicted octanol–water partition coefficient (Wildman–Crippen LogP) is 4.28. The fourth-order valence-corrected chi connectivity index (χ4v) is 3.62. The molecule has 0 bridgehead atoms. The highest BCUT2D eigenvalue weighted by Gasteiger charge is 2.31. The molecule has 0 fully saturated rings. The van der Waals surface area contributed by atoms with Crippen LogP contribution in [0.2, 0.25) is 0 Å². The van der Waals surface area contributed by atoms with Crippen molar-refractivity contribution in [1.82, 2.24) is 4.98 Å². The van der Waals surface area contributed by atoms with Crippen LogP contribution in [0.5, 0.6) is 28.7 Å². The van der Waals surface area contributed by atoms with Crippen LogP contribution in [-0.4, -0.2) is 45.7 Å². The number of carbonyl (C=O) groups excluding carboxylic acids is 1. The zero-order chi connectivity index (χ0) is 22.0. The van der Waals surface area contributed by atoms with E-state index in [9.17, 15) is 4.79 Å². The van der Waals surface area contributed by atoms with E-state index in [-0.39, 0.29) is 13.4 Å². The van der Waals surface area contributed by atoms with Crippen LogP contribution in [0.25, 0.3) is 22.3 Å². The van der Waals surface area contributed by atoms with Gasteiger partial charge in [0.1, 0.15) is 11.4 Å². The monoisotopic (exact) mass is 425 g/mol. The first-order chi connectivity index (χ1) is 15.1. The van der Waals surface area contributed by atoms with Crippen molar-refractivity contribution in [1.29, 1.82) is 0 Å². The first-order valence-corrected chi connectivity index (χ1v) is 9.70. The molecule has 31 heavy (non-hydrogen) atoms. The number of benzene rings is 2. The number of hydrogen-bond donors (Lipinski definition) is 1. The molecular weight excluding hydrogens is 402 g/mol. The largest absolute Gasteiger partial charge is 0.497 e. The molecule has 4 rings (SSSR count). The molecule has 0 atom stereocenters. The molecule has 8 nitrogen and oxygen atoms in total. The minimum Gasteiger partial charge on any atom is -0.497 e. The fraction of sp³-hybridized carbons (Fsp3) is 0.261. The van der Waals surface area contributed by atoms with Crippen molar-refractivity contribution in [3.63, 3.8) is 0 Å². The maximum absolute atomic E-state index is 12.8. The maximum atomic E-state index is 12.8. The van der Waals surface area contributed by atoms with E-state index < -0.39 is 5.97 Å². The molecule has 1 N–H and O–H groups in total. The number of carbonyl (C=O) groups is 1. The maximum Gasteiger partial charge on any atom is 0.355 e. The van der Waals surface area contributed by atoms with E-state index in [1.54, 1.807) is 33.4 Å². The van der Waals surface area contributed by atoms with Gasteiger partial charge in [-0.2, -0.15) is 0 Å². The van der Waals surface area contributed by atoms with Gasteiger partial charge in [0.05, 0.1) is 27.9 Å². The van der Waals surface area contributed by atoms with Crippen molar-refractivity contribution in [3.05, 3.63) is 42.2 Å². The van der Waals surface area contributed by atoms with Gasteiger partial charge < -0.3 is 33.4 Å². The van der Waals surface area contributed by atoms with Crippen LogP contribution in [-0.2, 0) is 4.74 Å². The third kappa shape index (κ3) is 3.50. The predicted molar refractivity (Wildman–Crippen MR) is 113 cm³/mol. The molecule has 2 heterocycles. The minimum absolute atomic E-state index is 0.0503. The Balaban J connectivity index is 1.98. The quantitative estimate of drug-likeness (QED) is 0.565. The summed E-state index contributed by atoms with van der Waals surface area (Å²) in [5, 5.41) is 0. The lowest BCUT2D eigenvalue weighted by Gasteiger charge is -2.16. The van der Waals surface area contributed by atoms with Crippen molar-refractivity contribution in [2.75, 3.05) is 34.7 Å². The summed E-state index contributed by atoms with van der Waals surface area (Å²) < 4.78 is 33.0. The van der Waals surface area contributed by atoms with Gasteiger partial charge in [0.2, 0.25) is 18.3 Å². The zero-order valence-electron chi connectivity index (χ0n) is 17.7. The highest BCUT2D eigenvalue weighted by atomic mass is 16.7. The van der Waals surface area contributed by atoms with Crippen LogP contribution in [0, 0.1) is 0 Å². The van der Waals surface area contributed by atoms with Crippen molar-refractivity contribution < 1.29 is 33.2 Å². The number of nitrogens with one attached hydrogen (secondary N) is 1. The van der Waals surface area contributed by atoms with Crippen LogP contribution in [0.15, 0.2) is 36.5 Å². The Morgan fingerprint density at radius 3 is 2.39 bits per heavy atom. The number of ether oxygens (including phenoxy) is 6. The Labute approximate surface area is 179 Å². The van der Waals surface area contributed by atoms with Crippen LogP contribution in [0.1, 0.15) is 17.4 Å². The molecule has 8 heteroatoms. The third-order valence-electron chi connectivity index (χ3n) is 5.02. The number of aromatic amines is 1. The second-order valence-corrected chi connectivity index (χ2v) is 6.63. The van der Waals surface area contributed by atoms with Gasteiger partial charge in [-0.25, -0.2) is 4.79 Å². The number of hydrogen-bond acceptors (Lipinski definition) is 7. The fourth-order valence-electron chi connectivity index (χ4n) is 3.62. The number of esters is 1. The molecule has 3 aromatic rings. The number of rotatable bonds is 7. The lowest BCUT2D eigenvalue weighted by Crippen LogP contribution is -2.07. The lowest BCUT2D eigenvalue weighted by molar-refractivity contribution is 0.0521. The molecule has 1 aliphatic heterocycles.